The molecule has 2 atom stereocenters. The van der Waals surface area contributed by atoms with Gasteiger partial charge in [0, 0.05) is 29.9 Å². The first kappa shape index (κ1) is 13.4. The molecule has 2 N–H and O–H groups in total. The van der Waals surface area contributed by atoms with E-state index in [1.54, 1.807) is 0 Å². The zero-order chi connectivity index (χ0) is 14.1. The van der Waals surface area contributed by atoms with Gasteiger partial charge in [-0.1, -0.05) is 25.1 Å². The predicted molar refractivity (Wildman–Crippen MR) is 85.0 cm³/mol. The minimum absolute atomic E-state index is 0.594. The van der Waals surface area contributed by atoms with Crippen LogP contribution in [0.3, 0.4) is 0 Å². The monoisotopic (exact) mass is 269 g/mol. The maximum absolute atomic E-state index is 5.94. The van der Waals surface area contributed by atoms with Crippen LogP contribution in [0.2, 0.25) is 0 Å². The molecule has 1 aromatic carbocycles. The van der Waals surface area contributed by atoms with Crippen LogP contribution >= 0.6 is 0 Å². The average Bonchev–Trinajstić information content (AvgIpc) is 2.47. The molecule has 3 heteroatoms. The summed E-state index contributed by atoms with van der Waals surface area (Å²) >= 11 is 0. The molecule has 0 amide bonds. The van der Waals surface area contributed by atoms with Crippen LogP contribution in [0.4, 0.5) is 5.69 Å². The van der Waals surface area contributed by atoms with Crippen molar-refractivity contribution in [1.29, 1.82) is 0 Å². The van der Waals surface area contributed by atoms with Gasteiger partial charge in [0.2, 0.25) is 0 Å². The minimum atomic E-state index is 0.594. The SMILES string of the molecule is Cc1cc(N2CCC(C)C(CN)C2)c2ccccc2n1. The number of fused-ring (bicyclic) bond motifs is 1. The fourth-order valence-electron chi connectivity index (χ4n) is 3.22. The molecule has 0 aliphatic carbocycles. The summed E-state index contributed by atoms with van der Waals surface area (Å²) in [5, 5.41) is 1.25. The van der Waals surface area contributed by atoms with Gasteiger partial charge < -0.3 is 10.6 Å². The van der Waals surface area contributed by atoms with Crippen LogP contribution in [0, 0.1) is 18.8 Å². The Hall–Kier alpha value is -1.61. The number of anilines is 1. The molecule has 0 spiro atoms. The summed E-state index contributed by atoms with van der Waals surface area (Å²) in [6.07, 6.45) is 1.22. The Labute approximate surface area is 120 Å². The van der Waals surface area contributed by atoms with Crippen molar-refractivity contribution in [3.8, 4) is 0 Å². The zero-order valence-electron chi connectivity index (χ0n) is 12.3. The lowest BCUT2D eigenvalue weighted by atomic mass is 9.87. The molecule has 2 aromatic rings. The van der Waals surface area contributed by atoms with E-state index in [2.05, 4.69) is 54.1 Å². The molecule has 20 heavy (non-hydrogen) atoms. The molecule has 3 nitrogen and oxygen atoms in total. The Balaban J connectivity index is 2.01. The van der Waals surface area contributed by atoms with E-state index in [1.807, 2.05) is 0 Å². The molecule has 106 valence electrons. The number of nitrogens with two attached hydrogens (primary N) is 1. The molecule has 0 saturated carbocycles. The van der Waals surface area contributed by atoms with E-state index < -0.39 is 0 Å². The number of benzene rings is 1. The molecule has 0 radical (unpaired) electrons. The summed E-state index contributed by atoms with van der Waals surface area (Å²) in [6, 6.07) is 10.6. The Kier molecular flexibility index (Phi) is 3.62. The van der Waals surface area contributed by atoms with Gasteiger partial charge >= 0.3 is 0 Å². The lowest BCUT2D eigenvalue weighted by molar-refractivity contribution is 0.308. The van der Waals surface area contributed by atoms with Crippen LogP contribution in [-0.4, -0.2) is 24.6 Å². The van der Waals surface area contributed by atoms with E-state index in [0.717, 1.165) is 36.8 Å². The maximum Gasteiger partial charge on any atom is 0.0726 e. The van der Waals surface area contributed by atoms with E-state index in [9.17, 15) is 0 Å². The molecule has 1 saturated heterocycles. The van der Waals surface area contributed by atoms with Gasteiger partial charge in [0.1, 0.15) is 0 Å². The van der Waals surface area contributed by atoms with E-state index in [0.29, 0.717) is 5.92 Å². The first-order chi connectivity index (χ1) is 9.69. The molecule has 1 aromatic heterocycles. The molecular formula is C17H23N3. The highest BCUT2D eigenvalue weighted by atomic mass is 15.1. The topological polar surface area (TPSA) is 42.1 Å². The zero-order valence-corrected chi connectivity index (χ0v) is 12.3. The van der Waals surface area contributed by atoms with Crippen LogP contribution in [0.1, 0.15) is 19.0 Å². The van der Waals surface area contributed by atoms with Gasteiger partial charge in [0.25, 0.3) is 0 Å². The summed E-state index contributed by atoms with van der Waals surface area (Å²) in [4.78, 5) is 7.13. The van der Waals surface area contributed by atoms with Crippen molar-refractivity contribution in [2.45, 2.75) is 20.3 Å². The standard InChI is InChI=1S/C17H23N3/c1-12-7-8-20(11-14(12)10-18)17-9-13(2)19-16-6-4-3-5-15(16)17/h3-6,9,12,14H,7-8,10-11,18H2,1-2H3. The van der Waals surface area contributed by atoms with Crippen LogP contribution in [0.15, 0.2) is 30.3 Å². The number of hydrogen-bond acceptors (Lipinski definition) is 3. The van der Waals surface area contributed by atoms with E-state index in [1.165, 1.54) is 17.5 Å². The van der Waals surface area contributed by atoms with Gasteiger partial charge in [-0.2, -0.15) is 0 Å². The van der Waals surface area contributed by atoms with Crippen molar-refractivity contribution in [2.75, 3.05) is 24.5 Å². The number of nitrogens with zero attached hydrogens (tertiary/aromatic N) is 2. The van der Waals surface area contributed by atoms with Gasteiger partial charge in [0.05, 0.1) is 5.52 Å². The normalized spacial score (nSPS) is 23.2. The third-order valence-corrected chi connectivity index (χ3v) is 4.58. The van der Waals surface area contributed by atoms with Gasteiger partial charge in [0.15, 0.2) is 0 Å². The predicted octanol–water partition coefficient (Wildman–Crippen LogP) is 2.96. The van der Waals surface area contributed by atoms with Gasteiger partial charge in [-0.3, -0.25) is 4.98 Å². The van der Waals surface area contributed by atoms with Crippen molar-refractivity contribution < 1.29 is 0 Å². The highest BCUT2D eigenvalue weighted by molar-refractivity contribution is 5.92. The first-order valence-corrected chi connectivity index (χ1v) is 7.50. The minimum Gasteiger partial charge on any atom is -0.371 e. The van der Waals surface area contributed by atoms with Crippen molar-refractivity contribution in [3.05, 3.63) is 36.0 Å². The van der Waals surface area contributed by atoms with Crippen molar-refractivity contribution in [3.63, 3.8) is 0 Å². The lowest BCUT2D eigenvalue weighted by Gasteiger charge is -2.38. The second kappa shape index (κ2) is 5.41. The number of piperidine rings is 1. The maximum atomic E-state index is 5.94. The third kappa shape index (κ3) is 2.38. The van der Waals surface area contributed by atoms with Crippen LogP contribution in [0.25, 0.3) is 10.9 Å². The van der Waals surface area contributed by atoms with E-state index in [4.69, 9.17) is 5.73 Å². The fraction of sp³-hybridized carbons (Fsp3) is 0.471. The van der Waals surface area contributed by atoms with Crippen molar-refractivity contribution in [2.24, 2.45) is 17.6 Å². The molecule has 2 heterocycles. The summed E-state index contributed by atoms with van der Waals surface area (Å²) in [5.41, 5.74) is 9.43. The largest absolute Gasteiger partial charge is 0.371 e. The van der Waals surface area contributed by atoms with Crippen molar-refractivity contribution >= 4 is 16.6 Å². The highest BCUT2D eigenvalue weighted by Gasteiger charge is 2.26. The van der Waals surface area contributed by atoms with Crippen LogP contribution in [0.5, 0.6) is 0 Å². The molecule has 1 fully saturated rings. The number of rotatable bonds is 2. The van der Waals surface area contributed by atoms with Gasteiger partial charge in [-0.15, -0.1) is 0 Å². The molecule has 0 bridgehead atoms. The molecule has 3 rings (SSSR count). The van der Waals surface area contributed by atoms with Crippen LogP contribution < -0.4 is 10.6 Å². The number of aromatic nitrogens is 1. The second-order valence-electron chi connectivity index (χ2n) is 6.01. The van der Waals surface area contributed by atoms with Crippen LogP contribution in [-0.2, 0) is 0 Å². The first-order valence-electron chi connectivity index (χ1n) is 7.50. The highest BCUT2D eigenvalue weighted by Crippen LogP contribution is 2.31. The molecule has 1 aliphatic rings. The number of hydrogen-bond donors (Lipinski definition) is 1. The number of para-hydroxylation sites is 1. The van der Waals surface area contributed by atoms with Gasteiger partial charge in [-0.05, 0) is 43.9 Å². The Bertz CT molecular complexity index is 608. The fourth-order valence-corrected chi connectivity index (χ4v) is 3.22. The lowest BCUT2D eigenvalue weighted by Crippen LogP contribution is -2.42. The molecular weight excluding hydrogens is 246 g/mol. The summed E-state index contributed by atoms with van der Waals surface area (Å²) in [7, 11) is 0. The quantitative estimate of drug-likeness (QED) is 0.911. The number of pyridine rings is 1. The smallest absolute Gasteiger partial charge is 0.0726 e. The molecule has 2 unspecified atom stereocenters. The summed E-state index contributed by atoms with van der Waals surface area (Å²) in [5.74, 6) is 1.32. The Morgan fingerprint density at radius 1 is 1.35 bits per heavy atom. The Morgan fingerprint density at radius 2 is 2.15 bits per heavy atom. The second-order valence-corrected chi connectivity index (χ2v) is 6.01. The van der Waals surface area contributed by atoms with Gasteiger partial charge in [-0.25, -0.2) is 0 Å². The summed E-state index contributed by atoms with van der Waals surface area (Å²) in [6.45, 7) is 7.35. The molecule has 1 aliphatic heterocycles. The average molecular weight is 269 g/mol. The number of aryl methyl sites for hydroxylation is 1. The Morgan fingerprint density at radius 3 is 2.95 bits per heavy atom. The van der Waals surface area contributed by atoms with Crippen molar-refractivity contribution in [1.82, 2.24) is 4.98 Å². The third-order valence-electron chi connectivity index (χ3n) is 4.58. The summed E-state index contributed by atoms with van der Waals surface area (Å²) < 4.78 is 0. The van der Waals surface area contributed by atoms with E-state index >= 15 is 0 Å². The van der Waals surface area contributed by atoms with E-state index in [-0.39, 0.29) is 0 Å².